The normalized spacial score (nSPS) is 10.9. The van der Waals surface area contributed by atoms with Gasteiger partial charge in [-0.3, -0.25) is 4.79 Å². The highest BCUT2D eigenvalue weighted by Gasteiger charge is 2.02. The van der Waals surface area contributed by atoms with Crippen LogP contribution in [-0.2, 0) is 4.79 Å². The summed E-state index contributed by atoms with van der Waals surface area (Å²) in [6.45, 7) is 3.66. The molecule has 10 heavy (non-hydrogen) atoms. The van der Waals surface area contributed by atoms with E-state index in [1.807, 2.05) is 27.9 Å². The maximum atomic E-state index is 10.8. The first-order chi connectivity index (χ1) is 4.54. The lowest BCUT2D eigenvalue weighted by Crippen LogP contribution is -2.11. The molecule has 0 heterocycles. The third-order valence-corrected chi connectivity index (χ3v) is 0.910. The molecule has 58 valence electrons. The van der Waals surface area contributed by atoms with Crippen molar-refractivity contribution in [2.45, 2.75) is 13.8 Å². The Morgan fingerprint density at radius 2 is 2.00 bits per heavy atom. The lowest BCUT2D eigenvalue weighted by Gasteiger charge is -2.02. The molecule has 0 spiro atoms. The van der Waals surface area contributed by atoms with Gasteiger partial charge in [0.25, 0.3) is 0 Å². The molecule has 3 heteroatoms. The molecule has 0 atom stereocenters. The van der Waals surface area contributed by atoms with Crippen LogP contribution in [0.15, 0.2) is 4.99 Å². The Morgan fingerprint density at radius 3 is 2.30 bits per heavy atom. The number of carbonyl (C=O) groups is 1. The Labute approximate surface area is 61.7 Å². The molecule has 0 unspecified atom stereocenters. The molecule has 0 fully saturated rings. The zero-order valence-electron chi connectivity index (χ0n) is 6.96. The lowest BCUT2D eigenvalue weighted by molar-refractivity contribution is -0.120. The van der Waals surface area contributed by atoms with Crippen LogP contribution < -0.4 is 0 Å². The predicted octanol–water partition coefficient (Wildman–Crippen LogP) is 0.759. The highest BCUT2D eigenvalue weighted by Crippen LogP contribution is 1.93. The molecule has 1 amide bonds. The summed E-state index contributed by atoms with van der Waals surface area (Å²) < 4.78 is 0. The summed E-state index contributed by atoms with van der Waals surface area (Å²) >= 11 is 0. The monoisotopic (exact) mass is 142 g/mol. The Morgan fingerprint density at radius 1 is 1.50 bits per heavy atom. The van der Waals surface area contributed by atoms with Crippen molar-refractivity contribution in [3.05, 3.63) is 0 Å². The number of carbonyl (C=O) groups excluding carboxylic acids is 1. The fourth-order valence-electron chi connectivity index (χ4n) is 0.321. The summed E-state index contributed by atoms with van der Waals surface area (Å²) in [6, 6.07) is 0. The second-order valence-corrected chi connectivity index (χ2v) is 2.70. The number of aliphatic imine (C=N–C) groups is 1. The first-order valence-electron chi connectivity index (χ1n) is 3.28. The van der Waals surface area contributed by atoms with Gasteiger partial charge in [0.15, 0.2) is 0 Å². The van der Waals surface area contributed by atoms with E-state index in [2.05, 4.69) is 4.99 Å². The second-order valence-electron chi connectivity index (χ2n) is 2.70. The Hall–Kier alpha value is -0.860. The topological polar surface area (TPSA) is 32.7 Å². The van der Waals surface area contributed by atoms with Gasteiger partial charge >= 0.3 is 0 Å². The Balaban J connectivity index is 3.79. The van der Waals surface area contributed by atoms with E-state index in [0.29, 0.717) is 0 Å². The maximum absolute atomic E-state index is 10.8. The average molecular weight is 142 g/mol. The summed E-state index contributed by atoms with van der Waals surface area (Å²) in [6.07, 6.45) is 1.52. The smallest absolute Gasteiger partial charge is 0.249 e. The van der Waals surface area contributed by atoms with Crippen LogP contribution in [0, 0.1) is 5.92 Å². The van der Waals surface area contributed by atoms with Crippen LogP contribution in [0.25, 0.3) is 0 Å². The van der Waals surface area contributed by atoms with Gasteiger partial charge in [0, 0.05) is 20.0 Å². The van der Waals surface area contributed by atoms with E-state index in [1.165, 1.54) is 6.34 Å². The van der Waals surface area contributed by atoms with Crippen molar-refractivity contribution in [3.63, 3.8) is 0 Å². The molecule has 0 aliphatic carbocycles. The van der Waals surface area contributed by atoms with Gasteiger partial charge in [-0.25, -0.2) is 4.99 Å². The second kappa shape index (κ2) is 4.04. The van der Waals surface area contributed by atoms with E-state index in [4.69, 9.17) is 0 Å². The van der Waals surface area contributed by atoms with Crippen LogP contribution >= 0.6 is 0 Å². The molecule has 0 aromatic carbocycles. The highest BCUT2D eigenvalue weighted by molar-refractivity contribution is 5.85. The van der Waals surface area contributed by atoms with Crippen LogP contribution in [0.1, 0.15) is 13.8 Å². The molecule has 0 radical (unpaired) electrons. The molecule has 0 aliphatic heterocycles. The van der Waals surface area contributed by atoms with Crippen LogP contribution in [-0.4, -0.2) is 31.2 Å². The van der Waals surface area contributed by atoms with E-state index < -0.39 is 0 Å². The summed E-state index contributed by atoms with van der Waals surface area (Å²) in [5.74, 6) is -0.0788. The van der Waals surface area contributed by atoms with Crippen LogP contribution in [0.2, 0.25) is 0 Å². The summed E-state index contributed by atoms with van der Waals surface area (Å²) in [5.41, 5.74) is 0. The molecule has 0 saturated heterocycles. The lowest BCUT2D eigenvalue weighted by atomic mass is 10.2. The molecule has 0 aromatic rings. The van der Waals surface area contributed by atoms with E-state index in [9.17, 15) is 4.79 Å². The highest BCUT2D eigenvalue weighted by atomic mass is 16.1. The van der Waals surface area contributed by atoms with E-state index in [0.717, 1.165) is 0 Å². The molecule has 3 nitrogen and oxygen atoms in total. The Kier molecular flexibility index (Phi) is 3.69. The molecule has 0 aromatic heterocycles. The molecular formula is C7H14N2O. The van der Waals surface area contributed by atoms with Crippen LogP contribution in [0.5, 0.6) is 0 Å². The fourth-order valence-corrected chi connectivity index (χ4v) is 0.321. The van der Waals surface area contributed by atoms with Gasteiger partial charge in [0.05, 0.1) is 6.34 Å². The predicted molar refractivity (Wildman–Crippen MR) is 42.0 cm³/mol. The number of amides is 1. The van der Waals surface area contributed by atoms with E-state index in [1.54, 1.807) is 4.90 Å². The van der Waals surface area contributed by atoms with Crippen molar-refractivity contribution >= 4 is 12.2 Å². The number of rotatable bonds is 2. The zero-order valence-corrected chi connectivity index (χ0v) is 6.96. The van der Waals surface area contributed by atoms with Gasteiger partial charge in [0.1, 0.15) is 0 Å². The number of hydrogen-bond donors (Lipinski definition) is 0. The van der Waals surface area contributed by atoms with Gasteiger partial charge in [-0.2, -0.15) is 0 Å². The zero-order chi connectivity index (χ0) is 8.15. The van der Waals surface area contributed by atoms with E-state index >= 15 is 0 Å². The van der Waals surface area contributed by atoms with Gasteiger partial charge < -0.3 is 4.90 Å². The quantitative estimate of drug-likeness (QED) is 0.421. The molecule has 0 rings (SSSR count). The van der Waals surface area contributed by atoms with Gasteiger partial charge in [-0.05, 0) is 0 Å². The minimum Gasteiger partial charge on any atom is -0.369 e. The maximum Gasteiger partial charge on any atom is 0.249 e. The van der Waals surface area contributed by atoms with E-state index in [-0.39, 0.29) is 11.8 Å². The van der Waals surface area contributed by atoms with Crippen molar-refractivity contribution in [2.75, 3.05) is 14.1 Å². The standard InChI is InChI=1S/C7H14N2O/c1-6(2)7(10)8-5-9(3)4/h5-6H,1-4H3. The third kappa shape index (κ3) is 4.06. The first-order valence-corrected chi connectivity index (χ1v) is 3.28. The van der Waals surface area contributed by atoms with Gasteiger partial charge in [-0.15, -0.1) is 0 Å². The van der Waals surface area contributed by atoms with Gasteiger partial charge in [-0.1, -0.05) is 13.8 Å². The van der Waals surface area contributed by atoms with Gasteiger partial charge in [0.2, 0.25) is 5.91 Å². The average Bonchev–Trinajstić information content (AvgIpc) is 1.82. The minimum absolute atomic E-state index is 0.00352. The summed E-state index contributed by atoms with van der Waals surface area (Å²) in [7, 11) is 3.66. The largest absolute Gasteiger partial charge is 0.369 e. The summed E-state index contributed by atoms with van der Waals surface area (Å²) in [4.78, 5) is 16.2. The van der Waals surface area contributed by atoms with Crippen LogP contribution in [0.4, 0.5) is 0 Å². The first kappa shape index (κ1) is 9.14. The number of nitrogens with zero attached hydrogens (tertiary/aromatic N) is 2. The molecular weight excluding hydrogens is 128 g/mol. The summed E-state index contributed by atoms with van der Waals surface area (Å²) in [5, 5.41) is 0. The van der Waals surface area contributed by atoms with Crippen LogP contribution in [0.3, 0.4) is 0 Å². The Bertz CT molecular complexity index is 139. The molecule has 0 aliphatic rings. The molecule has 0 bridgehead atoms. The van der Waals surface area contributed by atoms with Crippen molar-refractivity contribution in [2.24, 2.45) is 10.9 Å². The van der Waals surface area contributed by atoms with Crippen molar-refractivity contribution in [1.29, 1.82) is 0 Å². The minimum atomic E-state index is -0.0753. The van der Waals surface area contributed by atoms with Crippen molar-refractivity contribution < 1.29 is 4.79 Å². The molecule has 0 N–H and O–H groups in total. The SMILES string of the molecule is CC(C)C(=O)N=CN(C)C. The van der Waals surface area contributed by atoms with Crippen molar-refractivity contribution in [3.8, 4) is 0 Å². The third-order valence-electron chi connectivity index (χ3n) is 0.910. The number of hydrogen-bond acceptors (Lipinski definition) is 1. The van der Waals surface area contributed by atoms with Crippen molar-refractivity contribution in [1.82, 2.24) is 4.90 Å². The molecule has 0 saturated carbocycles. The fraction of sp³-hybridized carbons (Fsp3) is 0.714.